The second-order valence-corrected chi connectivity index (χ2v) is 5.44. The van der Waals surface area contributed by atoms with E-state index in [0.29, 0.717) is 6.54 Å². The van der Waals surface area contributed by atoms with Crippen molar-refractivity contribution in [2.75, 3.05) is 6.54 Å². The highest BCUT2D eigenvalue weighted by Gasteiger charge is 2.65. The van der Waals surface area contributed by atoms with Crippen molar-refractivity contribution in [2.45, 2.75) is 38.0 Å². The average molecular weight is 250 g/mol. The quantitative estimate of drug-likeness (QED) is 0.622. The summed E-state index contributed by atoms with van der Waals surface area (Å²) in [7, 11) is 0. The zero-order chi connectivity index (χ0) is 13.1. The first-order chi connectivity index (χ1) is 8.50. The van der Waals surface area contributed by atoms with Crippen LogP contribution in [0.2, 0.25) is 0 Å². The van der Waals surface area contributed by atoms with Crippen molar-refractivity contribution in [3.8, 4) is 0 Å². The van der Waals surface area contributed by atoms with Crippen molar-refractivity contribution in [2.24, 2.45) is 11.8 Å². The molecule has 0 aliphatic carbocycles. The molecule has 3 aliphatic heterocycles. The summed E-state index contributed by atoms with van der Waals surface area (Å²) in [5.74, 6) is -2.73. The SMILES string of the molecule is CC[C@H](C)N1C[C@@]23C=C[C@@H](O2)[C@H](C(=O)[O-])[C@H]3C1=O. The maximum atomic E-state index is 12.4. The third-order valence-electron chi connectivity index (χ3n) is 4.52. The van der Waals surface area contributed by atoms with E-state index in [4.69, 9.17) is 4.74 Å². The third-order valence-corrected chi connectivity index (χ3v) is 4.52. The van der Waals surface area contributed by atoms with Gasteiger partial charge in [-0.05, 0) is 13.3 Å². The van der Waals surface area contributed by atoms with Gasteiger partial charge in [-0.1, -0.05) is 19.1 Å². The molecule has 2 bridgehead atoms. The van der Waals surface area contributed by atoms with Crippen LogP contribution in [0.15, 0.2) is 12.2 Å². The van der Waals surface area contributed by atoms with Gasteiger partial charge in [-0.25, -0.2) is 0 Å². The van der Waals surface area contributed by atoms with Gasteiger partial charge in [-0.15, -0.1) is 0 Å². The molecule has 0 aromatic carbocycles. The molecule has 0 aromatic heterocycles. The fraction of sp³-hybridized carbons (Fsp3) is 0.692. The summed E-state index contributed by atoms with van der Waals surface area (Å²) in [6.45, 7) is 4.44. The van der Waals surface area contributed by atoms with E-state index in [1.807, 2.05) is 19.9 Å². The predicted octanol–water partition coefficient (Wildman–Crippen LogP) is -0.683. The number of rotatable bonds is 3. The zero-order valence-corrected chi connectivity index (χ0v) is 10.5. The molecule has 1 amide bonds. The minimum Gasteiger partial charge on any atom is -0.550 e. The van der Waals surface area contributed by atoms with Gasteiger partial charge in [0.1, 0.15) is 5.60 Å². The Bertz CT molecular complexity index is 446. The van der Waals surface area contributed by atoms with E-state index in [9.17, 15) is 14.7 Å². The van der Waals surface area contributed by atoms with Gasteiger partial charge < -0.3 is 19.5 Å². The third kappa shape index (κ3) is 1.25. The molecule has 2 saturated heterocycles. The lowest BCUT2D eigenvalue weighted by Gasteiger charge is -2.26. The molecule has 0 N–H and O–H groups in total. The molecule has 1 spiro atoms. The van der Waals surface area contributed by atoms with Crippen molar-refractivity contribution in [1.82, 2.24) is 4.90 Å². The van der Waals surface area contributed by atoms with Crippen molar-refractivity contribution >= 4 is 11.9 Å². The molecule has 0 unspecified atom stereocenters. The van der Waals surface area contributed by atoms with Gasteiger partial charge in [0, 0.05) is 17.9 Å². The van der Waals surface area contributed by atoms with Crippen LogP contribution >= 0.6 is 0 Å². The molecular formula is C13H16NO4-. The van der Waals surface area contributed by atoms with E-state index in [1.54, 1.807) is 11.0 Å². The molecule has 0 saturated carbocycles. The van der Waals surface area contributed by atoms with Crippen LogP contribution in [0, 0.1) is 11.8 Å². The highest BCUT2D eigenvalue weighted by molar-refractivity contribution is 5.90. The van der Waals surface area contributed by atoms with E-state index >= 15 is 0 Å². The summed E-state index contributed by atoms with van der Waals surface area (Å²) >= 11 is 0. The van der Waals surface area contributed by atoms with Gasteiger partial charge in [0.15, 0.2) is 0 Å². The standard InChI is InChI=1S/C13H17NO4/c1-3-7(2)14-6-13-5-4-8(18-13)9(12(16)17)10(13)11(14)15/h4-5,7-10H,3,6H2,1-2H3,(H,16,17)/p-1/t7-,8+,9-,10-,13+/m0/s1. The van der Waals surface area contributed by atoms with Gasteiger partial charge in [-0.3, -0.25) is 4.79 Å². The van der Waals surface area contributed by atoms with Crippen LogP contribution in [0.3, 0.4) is 0 Å². The first-order valence-corrected chi connectivity index (χ1v) is 6.38. The van der Waals surface area contributed by atoms with Gasteiger partial charge in [0.05, 0.1) is 18.6 Å². The topological polar surface area (TPSA) is 69.7 Å². The van der Waals surface area contributed by atoms with Crippen LogP contribution in [-0.2, 0) is 14.3 Å². The van der Waals surface area contributed by atoms with E-state index < -0.39 is 29.5 Å². The van der Waals surface area contributed by atoms with Crippen LogP contribution in [0.1, 0.15) is 20.3 Å². The number of ether oxygens (including phenoxy) is 1. The first-order valence-electron chi connectivity index (χ1n) is 6.38. The molecule has 3 rings (SSSR count). The fourth-order valence-electron chi connectivity index (χ4n) is 3.39. The Hall–Kier alpha value is -1.36. The number of fused-ring (bicyclic) bond motifs is 1. The lowest BCUT2D eigenvalue weighted by atomic mass is 9.77. The maximum absolute atomic E-state index is 12.4. The smallest absolute Gasteiger partial charge is 0.230 e. The monoisotopic (exact) mass is 250 g/mol. The number of likely N-dealkylation sites (tertiary alicyclic amines) is 1. The van der Waals surface area contributed by atoms with Crippen LogP contribution < -0.4 is 5.11 Å². The molecule has 5 nitrogen and oxygen atoms in total. The van der Waals surface area contributed by atoms with Gasteiger partial charge >= 0.3 is 0 Å². The number of amides is 1. The summed E-state index contributed by atoms with van der Waals surface area (Å²) < 4.78 is 5.76. The molecule has 0 radical (unpaired) electrons. The number of hydrogen-bond donors (Lipinski definition) is 0. The summed E-state index contributed by atoms with van der Waals surface area (Å²) in [6.07, 6.45) is 3.97. The normalized spacial score (nSPS) is 42.4. The largest absolute Gasteiger partial charge is 0.550 e. The Balaban J connectivity index is 1.97. The van der Waals surface area contributed by atoms with E-state index in [1.165, 1.54) is 0 Å². The highest BCUT2D eigenvalue weighted by atomic mass is 16.5. The van der Waals surface area contributed by atoms with E-state index in [-0.39, 0.29) is 11.9 Å². The molecule has 18 heavy (non-hydrogen) atoms. The minimum atomic E-state index is -1.18. The Morgan fingerprint density at radius 2 is 2.44 bits per heavy atom. The number of carboxylic acids is 1. The number of hydrogen-bond acceptors (Lipinski definition) is 4. The van der Waals surface area contributed by atoms with Crippen molar-refractivity contribution in [1.29, 1.82) is 0 Å². The Morgan fingerprint density at radius 3 is 3.06 bits per heavy atom. The molecular weight excluding hydrogens is 234 g/mol. The summed E-state index contributed by atoms with van der Waals surface area (Å²) in [6, 6.07) is 0.107. The van der Waals surface area contributed by atoms with E-state index in [2.05, 4.69) is 0 Å². The first kappa shape index (κ1) is 11.7. The number of carbonyl (C=O) groups is 2. The molecule has 3 heterocycles. The van der Waals surface area contributed by atoms with Crippen LogP contribution in [-0.4, -0.2) is 41.1 Å². The minimum absolute atomic E-state index is 0.106. The number of aliphatic carboxylic acids is 1. The number of nitrogens with zero attached hydrogens (tertiary/aromatic N) is 1. The molecule has 3 aliphatic rings. The molecule has 0 aromatic rings. The molecule has 2 fully saturated rings. The Kier molecular flexibility index (Phi) is 2.32. The molecule has 98 valence electrons. The maximum Gasteiger partial charge on any atom is 0.230 e. The number of carbonyl (C=O) groups excluding carboxylic acids is 2. The second kappa shape index (κ2) is 3.57. The fourth-order valence-corrected chi connectivity index (χ4v) is 3.39. The molecule has 5 atom stereocenters. The lowest BCUT2D eigenvalue weighted by molar-refractivity contribution is -0.313. The lowest BCUT2D eigenvalue weighted by Crippen LogP contribution is -2.45. The Labute approximate surface area is 105 Å². The van der Waals surface area contributed by atoms with Gasteiger partial charge in [0.25, 0.3) is 0 Å². The average Bonchev–Trinajstić information content (AvgIpc) is 2.96. The van der Waals surface area contributed by atoms with Crippen LogP contribution in [0.25, 0.3) is 0 Å². The van der Waals surface area contributed by atoms with Gasteiger partial charge in [-0.2, -0.15) is 0 Å². The number of carboxylic acid groups (broad SMARTS) is 1. The summed E-state index contributed by atoms with van der Waals surface area (Å²) in [4.78, 5) is 25.4. The van der Waals surface area contributed by atoms with Crippen LogP contribution in [0.5, 0.6) is 0 Å². The van der Waals surface area contributed by atoms with Gasteiger partial charge in [0.2, 0.25) is 5.91 Å². The Morgan fingerprint density at radius 1 is 1.72 bits per heavy atom. The molecule has 5 heteroatoms. The van der Waals surface area contributed by atoms with E-state index in [0.717, 1.165) is 6.42 Å². The predicted molar refractivity (Wildman–Crippen MR) is 60.2 cm³/mol. The van der Waals surface area contributed by atoms with Crippen molar-refractivity contribution in [3.05, 3.63) is 12.2 Å². The second-order valence-electron chi connectivity index (χ2n) is 5.44. The van der Waals surface area contributed by atoms with Crippen molar-refractivity contribution < 1.29 is 19.4 Å². The summed E-state index contributed by atoms with van der Waals surface area (Å²) in [5, 5.41) is 11.2. The zero-order valence-electron chi connectivity index (χ0n) is 10.5. The summed E-state index contributed by atoms with van der Waals surface area (Å²) in [5.41, 5.74) is -0.726. The van der Waals surface area contributed by atoms with Crippen molar-refractivity contribution in [3.63, 3.8) is 0 Å². The van der Waals surface area contributed by atoms with Crippen LogP contribution in [0.4, 0.5) is 0 Å². The highest BCUT2D eigenvalue weighted by Crippen LogP contribution is 2.52.